The minimum absolute atomic E-state index is 0.0531. The molecule has 5 nitrogen and oxygen atoms in total. The Morgan fingerprint density at radius 3 is 2.70 bits per heavy atom. The summed E-state index contributed by atoms with van der Waals surface area (Å²) in [6.45, 7) is 2.14. The fourth-order valence-corrected chi connectivity index (χ4v) is 2.71. The molecule has 0 heterocycles. The van der Waals surface area contributed by atoms with E-state index in [-0.39, 0.29) is 17.2 Å². The van der Waals surface area contributed by atoms with Crippen LogP contribution >= 0.6 is 11.8 Å². The first-order valence-corrected chi connectivity index (χ1v) is 6.80. The Morgan fingerprint density at radius 2 is 2.05 bits per heavy atom. The maximum absolute atomic E-state index is 11.2. The molecule has 0 aromatic heterocycles. The van der Waals surface area contributed by atoms with Crippen LogP contribution in [0.1, 0.15) is 6.92 Å². The third kappa shape index (κ3) is 3.21. The zero-order valence-corrected chi connectivity index (χ0v) is 11.6. The number of ether oxygens (including phenoxy) is 1. The number of benzene rings is 2. The van der Waals surface area contributed by atoms with Crippen molar-refractivity contribution in [1.29, 1.82) is 0 Å². The zero-order valence-electron chi connectivity index (χ0n) is 10.8. The van der Waals surface area contributed by atoms with Crippen molar-refractivity contribution in [3.05, 3.63) is 52.6 Å². The van der Waals surface area contributed by atoms with E-state index in [1.165, 1.54) is 11.8 Å². The van der Waals surface area contributed by atoms with Gasteiger partial charge in [-0.15, -0.1) is 0 Å². The molecule has 2 aromatic carbocycles. The number of nitro benzene ring substituents is 1. The summed E-state index contributed by atoms with van der Waals surface area (Å²) in [5, 5.41) is 20.7. The maximum atomic E-state index is 11.2. The van der Waals surface area contributed by atoms with Gasteiger partial charge in [-0.3, -0.25) is 10.1 Å². The second-order valence-electron chi connectivity index (χ2n) is 3.89. The number of nitrogens with zero attached hydrogens (tertiary/aromatic N) is 1. The van der Waals surface area contributed by atoms with Crippen LogP contribution in [0.15, 0.2) is 52.3 Å². The van der Waals surface area contributed by atoms with Crippen molar-refractivity contribution in [2.75, 3.05) is 6.61 Å². The van der Waals surface area contributed by atoms with Crippen LogP contribution in [0, 0.1) is 10.1 Å². The van der Waals surface area contributed by atoms with E-state index in [0.717, 1.165) is 4.90 Å². The molecule has 0 saturated heterocycles. The van der Waals surface area contributed by atoms with Gasteiger partial charge in [-0.2, -0.15) is 0 Å². The first-order valence-electron chi connectivity index (χ1n) is 5.99. The number of nitro groups is 1. The Kier molecular flexibility index (Phi) is 4.47. The molecule has 1 N–H and O–H groups in total. The number of para-hydroxylation sites is 1. The van der Waals surface area contributed by atoms with Crippen molar-refractivity contribution in [3.8, 4) is 11.5 Å². The molecule has 20 heavy (non-hydrogen) atoms. The molecule has 0 bridgehead atoms. The second kappa shape index (κ2) is 6.29. The van der Waals surface area contributed by atoms with Crippen molar-refractivity contribution < 1.29 is 14.8 Å². The Labute approximate surface area is 120 Å². The van der Waals surface area contributed by atoms with E-state index in [0.29, 0.717) is 11.5 Å². The molecule has 0 unspecified atom stereocenters. The lowest BCUT2D eigenvalue weighted by Crippen LogP contribution is -1.98. The standard InChI is InChI=1S/C14H13NO4S/c1-2-19-12-7-4-8-13(14(12)15(17)18)20-11-6-3-5-10(16)9-11/h3-9,16H,2H2,1H3. The van der Waals surface area contributed by atoms with Gasteiger partial charge in [0.1, 0.15) is 5.75 Å². The smallest absolute Gasteiger partial charge is 0.324 e. The molecule has 2 aromatic rings. The number of rotatable bonds is 5. The quantitative estimate of drug-likeness (QED) is 0.669. The first kappa shape index (κ1) is 14.2. The Hall–Kier alpha value is -2.21. The van der Waals surface area contributed by atoms with Gasteiger partial charge in [-0.25, -0.2) is 0 Å². The Balaban J connectivity index is 2.40. The number of aromatic hydroxyl groups is 1. The maximum Gasteiger partial charge on any atom is 0.324 e. The Morgan fingerprint density at radius 1 is 1.30 bits per heavy atom. The summed E-state index contributed by atoms with van der Waals surface area (Å²) in [4.78, 5) is 12.0. The fourth-order valence-electron chi connectivity index (χ4n) is 1.71. The molecule has 0 saturated carbocycles. The van der Waals surface area contributed by atoms with E-state index in [1.54, 1.807) is 49.4 Å². The van der Waals surface area contributed by atoms with Crippen LogP contribution < -0.4 is 4.74 Å². The SMILES string of the molecule is CCOc1cccc(Sc2cccc(O)c2)c1[N+](=O)[O-]. The molecular formula is C14H13NO4S. The molecule has 0 spiro atoms. The van der Waals surface area contributed by atoms with Gasteiger partial charge >= 0.3 is 5.69 Å². The predicted octanol–water partition coefficient (Wildman–Crippen LogP) is 3.85. The van der Waals surface area contributed by atoms with Gasteiger partial charge in [-0.1, -0.05) is 23.9 Å². The molecule has 104 valence electrons. The lowest BCUT2D eigenvalue weighted by atomic mass is 10.3. The van der Waals surface area contributed by atoms with Gasteiger partial charge < -0.3 is 9.84 Å². The van der Waals surface area contributed by atoms with Gasteiger partial charge in [-0.05, 0) is 37.3 Å². The number of hydrogen-bond donors (Lipinski definition) is 1. The first-order chi connectivity index (χ1) is 9.61. The van der Waals surface area contributed by atoms with E-state index in [9.17, 15) is 15.2 Å². The minimum atomic E-state index is -0.448. The molecular weight excluding hydrogens is 278 g/mol. The molecule has 0 atom stereocenters. The lowest BCUT2D eigenvalue weighted by molar-refractivity contribution is -0.388. The third-order valence-electron chi connectivity index (χ3n) is 2.49. The van der Waals surface area contributed by atoms with Crippen molar-refractivity contribution in [2.45, 2.75) is 16.7 Å². The largest absolute Gasteiger partial charge is 0.508 e. The highest BCUT2D eigenvalue weighted by Gasteiger charge is 2.21. The molecule has 2 rings (SSSR count). The van der Waals surface area contributed by atoms with E-state index < -0.39 is 4.92 Å². The summed E-state index contributed by atoms with van der Waals surface area (Å²) in [6.07, 6.45) is 0. The predicted molar refractivity (Wildman–Crippen MR) is 76.5 cm³/mol. The number of phenols is 1. The van der Waals surface area contributed by atoms with Crippen molar-refractivity contribution in [1.82, 2.24) is 0 Å². The third-order valence-corrected chi connectivity index (χ3v) is 3.53. The summed E-state index contributed by atoms with van der Waals surface area (Å²) >= 11 is 1.22. The topological polar surface area (TPSA) is 72.6 Å². The number of hydrogen-bond acceptors (Lipinski definition) is 5. The van der Waals surface area contributed by atoms with E-state index in [1.807, 2.05) is 0 Å². The van der Waals surface area contributed by atoms with Crippen LogP contribution in [0.3, 0.4) is 0 Å². The van der Waals surface area contributed by atoms with Gasteiger partial charge in [0.2, 0.25) is 0 Å². The second-order valence-corrected chi connectivity index (χ2v) is 5.01. The summed E-state index contributed by atoms with van der Waals surface area (Å²) in [7, 11) is 0. The molecule has 0 aliphatic rings. The molecule has 0 radical (unpaired) electrons. The highest BCUT2D eigenvalue weighted by Crippen LogP contribution is 2.40. The highest BCUT2D eigenvalue weighted by molar-refractivity contribution is 7.99. The van der Waals surface area contributed by atoms with Gasteiger partial charge in [0.15, 0.2) is 5.75 Å². The van der Waals surface area contributed by atoms with Crippen LogP contribution in [0.4, 0.5) is 5.69 Å². The van der Waals surface area contributed by atoms with Crippen LogP contribution in [0.25, 0.3) is 0 Å². The van der Waals surface area contributed by atoms with E-state index in [4.69, 9.17) is 4.74 Å². The average molecular weight is 291 g/mol. The average Bonchev–Trinajstić information content (AvgIpc) is 2.39. The van der Waals surface area contributed by atoms with Crippen LogP contribution in [-0.4, -0.2) is 16.6 Å². The monoisotopic (exact) mass is 291 g/mol. The van der Waals surface area contributed by atoms with Gasteiger partial charge in [0, 0.05) is 4.90 Å². The molecule has 0 aliphatic heterocycles. The van der Waals surface area contributed by atoms with Crippen LogP contribution in [0.2, 0.25) is 0 Å². The van der Waals surface area contributed by atoms with Crippen molar-refractivity contribution in [3.63, 3.8) is 0 Å². The minimum Gasteiger partial charge on any atom is -0.508 e. The van der Waals surface area contributed by atoms with E-state index >= 15 is 0 Å². The normalized spacial score (nSPS) is 10.2. The van der Waals surface area contributed by atoms with Gasteiger partial charge in [0.25, 0.3) is 0 Å². The fraction of sp³-hybridized carbons (Fsp3) is 0.143. The van der Waals surface area contributed by atoms with Crippen LogP contribution in [0.5, 0.6) is 11.5 Å². The summed E-state index contributed by atoms with van der Waals surface area (Å²) < 4.78 is 5.30. The van der Waals surface area contributed by atoms with E-state index in [2.05, 4.69) is 0 Å². The summed E-state index contributed by atoms with van der Waals surface area (Å²) in [5.74, 6) is 0.376. The van der Waals surface area contributed by atoms with Crippen molar-refractivity contribution >= 4 is 17.4 Å². The van der Waals surface area contributed by atoms with Crippen molar-refractivity contribution in [2.24, 2.45) is 0 Å². The number of phenolic OH excluding ortho intramolecular Hbond substituents is 1. The molecule has 0 fully saturated rings. The lowest BCUT2D eigenvalue weighted by Gasteiger charge is -2.08. The zero-order chi connectivity index (χ0) is 14.5. The highest BCUT2D eigenvalue weighted by atomic mass is 32.2. The molecule has 0 amide bonds. The molecule has 6 heteroatoms. The summed E-state index contributed by atoms with van der Waals surface area (Å²) in [6, 6.07) is 11.5. The molecule has 0 aliphatic carbocycles. The summed E-state index contributed by atoms with van der Waals surface area (Å²) in [5.41, 5.74) is -0.0531. The van der Waals surface area contributed by atoms with Crippen LogP contribution in [-0.2, 0) is 0 Å². The van der Waals surface area contributed by atoms with Gasteiger partial charge in [0.05, 0.1) is 16.4 Å². The Bertz CT molecular complexity index is 630.